The molecule has 20 heavy (non-hydrogen) atoms. The molecule has 0 N–H and O–H groups in total. The molecular formula is C17H22ClNO. The minimum absolute atomic E-state index is 0.160. The molecule has 0 fully saturated rings. The molecule has 2 aliphatic rings. The molecule has 0 aromatic heterocycles. The van der Waals surface area contributed by atoms with Crippen molar-refractivity contribution in [2.75, 3.05) is 0 Å². The van der Waals surface area contributed by atoms with E-state index >= 15 is 0 Å². The van der Waals surface area contributed by atoms with Crippen molar-refractivity contribution >= 4 is 17.8 Å². The van der Waals surface area contributed by atoms with E-state index in [1.807, 2.05) is 12.3 Å². The summed E-state index contributed by atoms with van der Waals surface area (Å²) in [5.74, 6) is 0.887. The number of hydrogen-bond acceptors (Lipinski definition) is 2. The number of halogens is 1. The first kappa shape index (κ1) is 13.9. The maximum Gasteiger partial charge on any atom is 0.142 e. The summed E-state index contributed by atoms with van der Waals surface area (Å²) in [4.78, 5) is 4.72. The lowest BCUT2D eigenvalue weighted by Gasteiger charge is -2.31. The zero-order chi connectivity index (χ0) is 14.7. The van der Waals surface area contributed by atoms with Gasteiger partial charge in [-0.25, -0.2) is 0 Å². The van der Waals surface area contributed by atoms with E-state index in [1.54, 1.807) is 0 Å². The number of benzene rings is 1. The Hall–Kier alpha value is -1.02. The number of rotatable bonds is 0. The van der Waals surface area contributed by atoms with Gasteiger partial charge in [-0.15, -0.1) is 0 Å². The first-order valence-corrected chi connectivity index (χ1v) is 7.62. The van der Waals surface area contributed by atoms with E-state index in [2.05, 4.69) is 34.6 Å². The van der Waals surface area contributed by atoms with Crippen LogP contribution in [0.4, 0.5) is 0 Å². The molecule has 0 saturated carbocycles. The molecule has 2 aliphatic heterocycles. The normalized spacial score (nSPS) is 23.2. The molecule has 0 saturated heterocycles. The highest BCUT2D eigenvalue weighted by Crippen LogP contribution is 2.45. The van der Waals surface area contributed by atoms with E-state index in [0.29, 0.717) is 11.1 Å². The van der Waals surface area contributed by atoms with Crippen molar-refractivity contribution < 1.29 is 4.74 Å². The molecular weight excluding hydrogens is 270 g/mol. The van der Waals surface area contributed by atoms with Gasteiger partial charge in [-0.2, -0.15) is 0 Å². The second-order valence-corrected chi connectivity index (χ2v) is 8.04. The molecule has 1 atom stereocenters. The van der Waals surface area contributed by atoms with Crippen LogP contribution in [-0.4, -0.2) is 17.9 Å². The van der Waals surface area contributed by atoms with Crippen LogP contribution in [0.3, 0.4) is 0 Å². The Kier molecular flexibility index (Phi) is 2.95. The molecule has 1 aromatic carbocycles. The van der Waals surface area contributed by atoms with Gasteiger partial charge in [-0.1, -0.05) is 32.4 Å². The highest BCUT2D eigenvalue weighted by atomic mass is 35.5. The first-order valence-electron chi connectivity index (χ1n) is 7.24. The highest BCUT2D eigenvalue weighted by Gasteiger charge is 2.37. The predicted molar refractivity (Wildman–Crippen MR) is 84.4 cm³/mol. The minimum Gasteiger partial charge on any atom is -0.486 e. The molecule has 3 rings (SSSR count). The van der Waals surface area contributed by atoms with Gasteiger partial charge in [0.05, 0.1) is 11.1 Å². The second kappa shape index (κ2) is 4.24. The summed E-state index contributed by atoms with van der Waals surface area (Å²) in [6.45, 7) is 11.0. The predicted octanol–water partition coefficient (Wildman–Crippen LogP) is 4.44. The lowest BCUT2D eigenvalue weighted by molar-refractivity contribution is 0.138. The molecule has 108 valence electrons. The Balaban J connectivity index is 2.09. The number of hydrogen-bond donors (Lipinski definition) is 0. The summed E-state index contributed by atoms with van der Waals surface area (Å²) in [5.41, 5.74) is 3.85. The molecule has 0 spiro atoms. The van der Waals surface area contributed by atoms with Crippen molar-refractivity contribution in [1.29, 1.82) is 0 Å². The summed E-state index contributed by atoms with van der Waals surface area (Å²) in [5, 5.41) is 0.713. The summed E-state index contributed by atoms with van der Waals surface area (Å²) >= 11 is 6.37. The van der Waals surface area contributed by atoms with Crippen LogP contribution in [0.15, 0.2) is 11.1 Å². The standard InChI is InChI=1S/C17H22ClNO/c1-16(2,3)14-7-11-10(9-19-14)6-13(18)15-12(11)8-17(4,5)20-15/h6,9,14H,7-8H2,1-5H3. The van der Waals surface area contributed by atoms with Crippen LogP contribution in [0.25, 0.3) is 0 Å². The molecule has 0 bridgehead atoms. The Morgan fingerprint density at radius 2 is 2.00 bits per heavy atom. The molecule has 0 aliphatic carbocycles. The van der Waals surface area contributed by atoms with Crippen LogP contribution in [0.1, 0.15) is 51.3 Å². The van der Waals surface area contributed by atoms with Gasteiger partial charge in [0, 0.05) is 18.2 Å². The third-order valence-corrected chi connectivity index (χ3v) is 4.54. The van der Waals surface area contributed by atoms with Crippen LogP contribution >= 0.6 is 11.6 Å². The fourth-order valence-electron chi connectivity index (χ4n) is 3.08. The highest BCUT2D eigenvalue weighted by molar-refractivity contribution is 6.32. The Labute approximate surface area is 126 Å². The smallest absolute Gasteiger partial charge is 0.142 e. The van der Waals surface area contributed by atoms with Crippen LogP contribution in [0.2, 0.25) is 5.02 Å². The zero-order valence-corrected chi connectivity index (χ0v) is 13.6. The van der Waals surface area contributed by atoms with Gasteiger partial charge in [0.15, 0.2) is 0 Å². The monoisotopic (exact) mass is 291 g/mol. The van der Waals surface area contributed by atoms with Crippen LogP contribution in [0.5, 0.6) is 5.75 Å². The first-order chi connectivity index (χ1) is 9.17. The fraction of sp³-hybridized carbons (Fsp3) is 0.588. The van der Waals surface area contributed by atoms with Gasteiger partial charge in [-0.05, 0) is 42.9 Å². The third kappa shape index (κ3) is 2.24. The van der Waals surface area contributed by atoms with Gasteiger partial charge in [0.2, 0.25) is 0 Å². The Bertz CT molecular complexity index is 596. The van der Waals surface area contributed by atoms with Crippen molar-refractivity contribution in [3.8, 4) is 5.75 Å². The van der Waals surface area contributed by atoms with E-state index < -0.39 is 0 Å². The molecule has 0 radical (unpaired) electrons. The number of aliphatic imine (C=N–C) groups is 1. The van der Waals surface area contributed by atoms with Gasteiger partial charge in [0.25, 0.3) is 0 Å². The third-order valence-electron chi connectivity index (χ3n) is 4.26. The van der Waals surface area contributed by atoms with E-state index in [0.717, 1.165) is 24.2 Å². The van der Waals surface area contributed by atoms with Gasteiger partial charge >= 0.3 is 0 Å². The number of fused-ring (bicyclic) bond motifs is 3. The number of ether oxygens (including phenoxy) is 1. The summed E-state index contributed by atoms with van der Waals surface area (Å²) in [7, 11) is 0. The van der Waals surface area contributed by atoms with Gasteiger partial charge in [0.1, 0.15) is 11.4 Å². The van der Waals surface area contributed by atoms with Gasteiger partial charge in [-0.3, -0.25) is 4.99 Å². The van der Waals surface area contributed by atoms with Crippen LogP contribution in [-0.2, 0) is 12.8 Å². The minimum atomic E-state index is -0.160. The van der Waals surface area contributed by atoms with E-state index in [4.69, 9.17) is 21.3 Å². The van der Waals surface area contributed by atoms with Crippen molar-refractivity contribution in [1.82, 2.24) is 0 Å². The zero-order valence-electron chi connectivity index (χ0n) is 12.9. The average molecular weight is 292 g/mol. The number of nitrogens with zero attached hydrogens (tertiary/aromatic N) is 1. The Morgan fingerprint density at radius 3 is 2.65 bits per heavy atom. The van der Waals surface area contributed by atoms with Crippen molar-refractivity contribution in [3.05, 3.63) is 27.8 Å². The molecule has 1 unspecified atom stereocenters. The molecule has 2 nitrogen and oxygen atoms in total. The molecule has 2 heterocycles. The van der Waals surface area contributed by atoms with Crippen LogP contribution < -0.4 is 4.74 Å². The quantitative estimate of drug-likeness (QED) is 0.692. The molecule has 0 amide bonds. The largest absolute Gasteiger partial charge is 0.486 e. The molecule has 1 aromatic rings. The van der Waals surface area contributed by atoms with E-state index in [-0.39, 0.29) is 11.0 Å². The second-order valence-electron chi connectivity index (χ2n) is 7.64. The summed E-state index contributed by atoms with van der Waals surface area (Å²) in [6.07, 6.45) is 3.90. The lowest BCUT2D eigenvalue weighted by atomic mass is 9.79. The lowest BCUT2D eigenvalue weighted by Crippen LogP contribution is -2.30. The maximum atomic E-state index is 6.37. The van der Waals surface area contributed by atoms with Crippen molar-refractivity contribution in [2.45, 2.75) is 59.1 Å². The fourth-order valence-corrected chi connectivity index (χ4v) is 3.35. The summed E-state index contributed by atoms with van der Waals surface area (Å²) in [6, 6.07) is 2.32. The van der Waals surface area contributed by atoms with Gasteiger partial charge < -0.3 is 4.74 Å². The summed E-state index contributed by atoms with van der Waals surface area (Å²) < 4.78 is 6.04. The topological polar surface area (TPSA) is 21.6 Å². The van der Waals surface area contributed by atoms with E-state index in [1.165, 1.54) is 11.1 Å². The maximum absolute atomic E-state index is 6.37. The van der Waals surface area contributed by atoms with Crippen LogP contribution in [0, 0.1) is 5.41 Å². The van der Waals surface area contributed by atoms with Crippen molar-refractivity contribution in [2.24, 2.45) is 10.4 Å². The molecule has 3 heteroatoms. The van der Waals surface area contributed by atoms with E-state index in [9.17, 15) is 0 Å². The average Bonchev–Trinajstić information content (AvgIpc) is 2.64. The Morgan fingerprint density at radius 1 is 1.30 bits per heavy atom. The van der Waals surface area contributed by atoms with Crippen molar-refractivity contribution in [3.63, 3.8) is 0 Å². The SMILES string of the molecule is CC1(C)Cc2c3c(cc(Cl)c2O1)C=NC(C(C)(C)C)C3.